The minimum Gasteiger partial charge on any atom is -0.465 e. The summed E-state index contributed by atoms with van der Waals surface area (Å²) < 4.78 is 7.18. The molecule has 0 radical (unpaired) electrons. The lowest BCUT2D eigenvalue weighted by Crippen LogP contribution is -2.05. The number of aryl methyl sites for hydroxylation is 1. The first-order valence-electron chi connectivity index (χ1n) is 7.03. The van der Waals surface area contributed by atoms with Crippen LogP contribution in [0.2, 0.25) is 0 Å². The Hall–Kier alpha value is -2.55. The van der Waals surface area contributed by atoms with E-state index >= 15 is 0 Å². The van der Waals surface area contributed by atoms with Gasteiger partial charge in [0.1, 0.15) is 0 Å². The van der Waals surface area contributed by atoms with E-state index in [9.17, 15) is 4.79 Å². The maximum atomic E-state index is 12.3. The molecule has 3 heteroatoms. The molecular weight excluding hydrogens is 262 g/mol. The number of fused-ring (bicyclic) bond motifs is 1. The second-order valence-corrected chi connectivity index (χ2v) is 4.84. The molecule has 2 aromatic carbocycles. The Morgan fingerprint density at radius 2 is 1.71 bits per heavy atom. The van der Waals surface area contributed by atoms with Crippen LogP contribution in [0.4, 0.5) is 0 Å². The fourth-order valence-electron chi connectivity index (χ4n) is 2.84. The van der Waals surface area contributed by atoms with Crippen molar-refractivity contribution in [3.05, 3.63) is 60.2 Å². The van der Waals surface area contributed by atoms with Gasteiger partial charge in [0.15, 0.2) is 0 Å². The number of benzene rings is 2. The molecule has 1 aromatic heterocycles. The number of aromatic nitrogens is 1. The van der Waals surface area contributed by atoms with Crippen LogP contribution in [-0.2, 0) is 11.3 Å². The first-order chi connectivity index (χ1) is 10.3. The van der Waals surface area contributed by atoms with Gasteiger partial charge < -0.3 is 9.30 Å². The van der Waals surface area contributed by atoms with Gasteiger partial charge in [0.05, 0.1) is 18.4 Å². The van der Waals surface area contributed by atoms with Crippen molar-refractivity contribution in [2.24, 2.45) is 0 Å². The van der Waals surface area contributed by atoms with Crippen LogP contribution in [0.3, 0.4) is 0 Å². The van der Waals surface area contributed by atoms with E-state index in [0.29, 0.717) is 5.56 Å². The monoisotopic (exact) mass is 279 g/mol. The number of ether oxygens (including phenoxy) is 1. The van der Waals surface area contributed by atoms with Crippen molar-refractivity contribution in [3.63, 3.8) is 0 Å². The Balaban J connectivity index is 2.43. The average molecular weight is 279 g/mol. The molecule has 0 unspecified atom stereocenters. The van der Waals surface area contributed by atoms with Gasteiger partial charge in [0.2, 0.25) is 0 Å². The van der Waals surface area contributed by atoms with E-state index in [1.165, 1.54) is 7.11 Å². The highest BCUT2D eigenvalue weighted by Gasteiger charge is 2.23. The number of hydrogen-bond acceptors (Lipinski definition) is 2. The molecule has 0 saturated heterocycles. The molecule has 3 nitrogen and oxygen atoms in total. The van der Waals surface area contributed by atoms with Crippen molar-refractivity contribution < 1.29 is 9.53 Å². The lowest BCUT2D eigenvalue weighted by Gasteiger charge is -2.09. The average Bonchev–Trinajstić information content (AvgIpc) is 2.89. The van der Waals surface area contributed by atoms with Gasteiger partial charge in [-0.1, -0.05) is 48.5 Å². The molecule has 0 fully saturated rings. The molecule has 0 atom stereocenters. The van der Waals surface area contributed by atoms with Crippen LogP contribution in [0.5, 0.6) is 0 Å². The van der Waals surface area contributed by atoms with Crippen molar-refractivity contribution in [1.82, 2.24) is 4.57 Å². The Morgan fingerprint density at radius 3 is 2.38 bits per heavy atom. The SMILES string of the molecule is CCn1c(-c2ccccc2)c(C(=O)OC)c2ccccc21. The van der Waals surface area contributed by atoms with E-state index in [-0.39, 0.29) is 5.97 Å². The summed E-state index contributed by atoms with van der Waals surface area (Å²) in [5, 5.41) is 0.935. The molecule has 3 rings (SSSR count). The largest absolute Gasteiger partial charge is 0.465 e. The van der Waals surface area contributed by atoms with Gasteiger partial charge in [0, 0.05) is 17.4 Å². The molecule has 0 bridgehead atoms. The lowest BCUT2D eigenvalue weighted by molar-refractivity contribution is 0.0603. The summed E-state index contributed by atoms with van der Waals surface area (Å²) in [4.78, 5) is 12.3. The number of para-hydroxylation sites is 1. The molecule has 0 spiro atoms. The Morgan fingerprint density at radius 1 is 1.05 bits per heavy atom. The summed E-state index contributed by atoms with van der Waals surface area (Å²) in [6.45, 7) is 2.88. The number of methoxy groups -OCH3 is 1. The van der Waals surface area contributed by atoms with Gasteiger partial charge >= 0.3 is 5.97 Å². The molecule has 0 aliphatic carbocycles. The van der Waals surface area contributed by atoms with Crippen LogP contribution in [0, 0.1) is 0 Å². The van der Waals surface area contributed by atoms with Gasteiger partial charge in [0.25, 0.3) is 0 Å². The second kappa shape index (κ2) is 5.44. The van der Waals surface area contributed by atoms with E-state index in [1.807, 2.05) is 54.6 Å². The number of nitrogens with zero attached hydrogens (tertiary/aromatic N) is 1. The van der Waals surface area contributed by atoms with Crippen molar-refractivity contribution in [1.29, 1.82) is 0 Å². The fraction of sp³-hybridized carbons (Fsp3) is 0.167. The molecule has 0 amide bonds. The molecule has 0 aliphatic rings. The summed E-state index contributed by atoms with van der Waals surface area (Å²) >= 11 is 0. The molecule has 3 aromatic rings. The molecule has 0 saturated carbocycles. The molecule has 21 heavy (non-hydrogen) atoms. The third-order valence-electron chi connectivity index (χ3n) is 3.72. The molecule has 0 aliphatic heterocycles. The second-order valence-electron chi connectivity index (χ2n) is 4.84. The van der Waals surface area contributed by atoms with Crippen molar-refractivity contribution in [3.8, 4) is 11.3 Å². The highest BCUT2D eigenvalue weighted by molar-refractivity contribution is 6.10. The van der Waals surface area contributed by atoms with Crippen molar-refractivity contribution >= 4 is 16.9 Å². The molecule has 1 heterocycles. The third kappa shape index (κ3) is 2.11. The Kier molecular flexibility index (Phi) is 3.48. The van der Waals surface area contributed by atoms with Crippen molar-refractivity contribution in [2.45, 2.75) is 13.5 Å². The molecule has 0 N–H and O–H groups in total. The summed E-state index contributed by atoms with van der Waals surface area (Å²) in [6.07, 6.45) is 0. The van der Waals surface area contributed by atoms with E-state index in [4.69, 9.17) is 4.74 Å². The zero-order valence-corrected chi connectivity index (χ0v) is 12.2. The predicted molar refractivity (Wildman–Crippen MR) is 84.4 cm³/mol. The summed E-state index contributed by atoms with van der Waals surface area (Å²) in [7, 11) is 1.43. The highest BCUT2D eigenvalue weighted by Crippen LogP contribution is 2.34. The van der Waals surface area contributed by atoms with E-state index in [0.717, 1.165) is 28.7 Å². The summed E-state index contributed by atoms with van der Waals surface area (Å²) in [5.74, 6) is -0.294. The minimum atomic E-state index is -0.294. The number of carbonyl (C=O) groups excluding carboxylic acids is 1. The van der Waals surface area contributed by atoms with Gasteiger partial charge in [-0.15, -0.1) is 0 Å². The van der Waals surface area contributed by atoms with Gasteiger partial charge in [-0.2, -0.15) is 0 Å². The van der Waals surface area contributed by atoms with Crippen molar-refractivity contribution in [2.75, 3.05) is 7.11 Å². The fourth-order valence-corrected chi connectivity index (χ4v) is 2.84. The van der Waals surface area contributed by atoms with Gasteiger partial charge in [-0.3, -0.25) is 0 Å². The summed E-state index contributed by atoms with van der Waals surface area (Å²) in [6, 6.07) is 17.9. The number of hydrogen-bond donors (Lipinski definition) is 0. The first-order valence-corrected chi connectivity index (χ1v) is 7.03. The zero-order chi connectivity index (χ0) is 14.8. The minimum absolute atomic E-state index is 0.294. The van der Waals surface area contributed by atoms with Crippen LogP contribution in [-0.4, -0.2) is 17.6 Å². The Bertz CT molecular complexity index is 788. The number of carbonyl (C=O) groups is 1. The standard InChI is InChI=1S/C18H17NO2/c1-3-19-15-12-8-7-11-14(15)16(18(20)21-2)17(19)13-9-5-4-6-10-13/h4-12H,3H2,1-2H3. The normalized spacial score (nSPS) is 10.8. The van der Waals surface area contributed by atoms with Gasteiger partial charge in [-0.05, 0) is 18.6 Å². The maximum Gasteiger partial charge on any atom is 0.340 e. The molecule has 106 valence electrons. The Labute approximate surface area is 123 Å². The van der Waals surface area contributed by atoms with E-state index < -0.39 is 0 Å². The smallest absolute Gasteiger partial charge is 0.340 e. The van der Waals surface area contributed by atoms with E-state index in [1.54, 1.807) is 0 Å². The van der Waals surface area contributed by atoms with Crippen LogP contribution in [0.15, 0.2) is 54.6 Å². The van der Waals surface area contributed by atoms with Crippen LogP contribution >= 0.6 is 0 Å². The van der Waals surface area contributed by atoms with Crippen LogP contribution in [0.1, 0.15) is 17.3 Å². The third-order valence-corrected chi connectivity index (χ3v) is 3.72. The summed E-state index contributed by atoms with van der Waals surface area (Å²) in [5.41, 5.74) is 3.64. The van der Waals surface area contributed by atoms with Gasteiger partial charge in [-0.25, -0.2) is 4.79 Å². The van der Waals surface area contributed by atoms with Crippen LogP contribution < -0.4 is 0 Å². The predicted octanol–water partition coefficient (Wildman–Crippen LogP) is 4.11. The number of rotatable bonds is 3. The molecular formula is C18H17NO2. The lowest BCUT2D eigenvalue weighted by atomic mass is 10.1. The zero-order valence-electron chi connectivity index (χ0n) is 12.2. The van der Waals surface area contributed by atoms with Crippen LogP contribution in [0.25, 0.3) is 22.2 Å². The first kappa shape index (κ1) is 13.4. The topological polar surface area (TPSA) is 31.2 Å². The highest BCUT2D eigenvalue weighted by atomic mass is 16.5. The maximum absolute atomic E-state index is 12.3. The quantitative estimate of drug-likeness (QED) is 0.675. The number of esters is 1. The van der Waals surface area contributed by atoms with E-state index in [2.05, 4.69) is 11.5 Å².